The van der Waals surface area contributed by atoms with Gasteiger partial charge in [0.05, 0.1) is 0 Å². The van der Waals surface area contributed by atoms with Crippen LogP contribution < -0.4 is 5.32 Å². The van der Waals surface area contributed by atoms with Crippen LogP contribution in [0, 0.1) is 6.92 Å². The number of nitrogens with zero attached hydrogens (tertiary/aromatic N) is 4. The first-order valence-corrected chi connectivity index (χ1v) is 9.18. The first kappa shape index (κ1) is 19.4. The summed E-state index contributed by atoms with van der Waals surface area (Å²) >= 11 is 0. The van der Waals surface area contributed by atoms with E-state index in [9.17, 15) is 18.0 Å². The van der Waals surface area contributed by atoms with Crippen LogP contribution >= 0.6 is 0 Å². The number of aryl methyl sites for hydroxylation is 1. The molecule has 0 radical (unpaired) electrons. The van der Waals surface area contributed by atoms with Gasteiger partial charge in [-0.1, -0.05) is 6.92 Å². The highest BCUT2D eigenvalue weighted by Gasteiger charge is 2.41. The van der Waals surface area contributed by atoms with Gasteiger partial charge in [0.1, 0.15) is 6.04 Å². The molecule has 0 fully saturated rings. The van der Waals surface area contributed by atoms with Crippen LogP contribution in [0.2, 0.25) is 0 Å². The maximum Gasteiger partial charge on any atom is 0.435 e. The Bertz CT molecular complexity index is 850. The Hall–Kier alpha value is -2.32. The van der Waals surface area contributed by atoms with Crippen molar-refractivity contribution in [1.82, 2.24) is 19.6 Å². The number of rotatable bonds is 5. The Morgan fingerprint density at radius 3 is 2.52 bits per heavy atom. The van der Waals surface area contributed by atoms with Gasteiger partial charge in [-0.2, -0.15) is 23.4 Å². The van der Waals surface area contributed by atoms with Gasteiger partial charge >= 0.3 is 6.18 Å². The molecule has 1 aliphatic carbocycles. The molecular weight excluding hydrogens is 359 g/mol. The summed E-state index contributed by atoms with van der Waals surface area (Å²) in [5.74, 6) is -0.0127. The van der Waals surface area contributed by atoms with Crippen molar-refractivity contribution in [3.05, 3.63) is 28.7 Å². The predicted octanol–water partition coefficient (Wildman–Crippen LogP) is 4.07. The van der Waals surface area contributed by atoms with Crippen molar-refractivity contribution in [2.45, 2.75) is 71.6 Å². The molecule has 1 N–H and O–H groups in total. The van der Waals surface area contributed by atoms with Crippen LogP contribution in [-0.2, 0) is 23.8 Å². The molecule has 0 bridgehead atoms. The molecule has 0 aromatic carbocycles. The molecule has 2 heterocycles. The van der Waals surface area contributed by atoms with Crippen LogP contribution in [0.1, 0.15) is 68.3 Å². The number of nitrogens with one attached hydrogen (secondary N) is 1. The molecule has 2 aromatic heterocycles. The average molecular weight is 383 g/mol. The van der Waals surface area contributed by atoms with Crippen LogP contribution in [0.5, 0.6) is 0 Å². The van der Waals surface area contributed by atoms with Crippen molar-refractivity contribution >= 4 is 11.7 Å². The zero-order valence-electron chi connectivity index (χ0n) is 15.9. The summed E-state index contributed by atoms with van der Waals surface area (Å²) < 4.78 is 43.0. The molecule has 148 valence electrons. The molecule has 27 heavy (non-hydrogen) atoms. The molecule has 9 heteroatoms. The maximum absolute atomic E-state index is 13.3. The zero-order chi connectivity index (χ0) is 19.9. The van der Waals surface area contributed by atoms with Gasteiger partial charge in [0.25, 0.3) is 0 Å². The molecule has 3 rings (SSSR count). The molecule has 0 unspecified atom stereocenters. The SMILES string of the molecule is CC[C@H](C(=O)Nc1cc(C)n(C(C)C)n1)n1nc(C(F)(F)F)c2c1CCC2. The van der Waals surface area contributed by atoms with Gasteiger partial charge in [-0.05, 0) is 46.5 Å². The number of halogens is 3. The number of fused-ring (bicyclic) bond motifs is 1. The predicted molar refractivity (Wildman–Crippen MR) is 94.6 cm³/mol. The van der Waals surface area contributed by atoms with E-state index in [0.717, 1.165) is 5.69 Å². The Labute approximate surface area is 155 Å². The normalized spacial score (nSPS) is 15.3. The Kier molecular flexibility index (Phi) is 5.05. The molecule has 6 nitrogen and oxygen atoms in total. The van der Waals surface area contributed by atoms with E-state index in [1.807, 2.05) is 20.8 Å². The molecule has 1 aliphatic rings. The molecule has 0 aliphatic heterocycles. The topological polar surface area (TPSA) is 64.7 Å². The van der Waals surface area contributed by atoms with Crippen LogP contribution in [0.15, 0.2) is 6.07 Å². The highest BCUT2D eigenvalue weighted by atomic mass is 19.4. The number of aromatic nitrogens is 4. The number of alkyl halides is 3. The third-order valence-electron chi connectivity index (χ3n) is 4.87. The number of amides is 1. The van der Waals surface area contributed by atoms with Crippen molar-refractivity contribution in [3.8, 4) is 0 Å². The summed E-state index contributed by atoms with van der Waals surface area (Å²) in [7, 11) is 0. The first-order chi connectivity index (χ1) is 12.6. The van der Waals surface area contributed by atoms with Crippen molar-refractivity contribution in [3.63, 3.8) is 0 Å². The van der Waals surface area contributed by atoms with E-state index in [-0.39, 0.29) is 11.6 Å². The quantitative estimate of drug-likeness (QED) is 0.847. The van der Waals surface area contributed by atoms with E-state index >= 15 is 0 Å². The number of hydrogen-bond donors (Lipinski definition) is 1. The van der Waals surface area contributed by atoms with Gasteiger partial charge < -0.3 is 5.32 Å². The number of hydrogen-bond acceptors (Lipinski definition) is 3. The number of carbonyl (C=O) groups is 1. The van der Waals surface area contributed by atoms with Crippen molar-refractivity contribution < 1.29 is 18.0 Å². The van der Waals surface area contributed by atoms with Gasteiger partial charge in [0.15, 0.2) is 11.5 Å². The summed E-state index contributed by atoms with van der Waals surface area (Å²) in [6.45, 7) is 7.60. The van der Waals surface area contributed by atoms with Crippen LogP contribution in [0.25, 0.3) is 0 Å². The highest BCUT2D eigenvalue weighted by molar-refractivity contribution is 5.92. The van der Waals surface area contributed by atoms with E-state index in [1.165, 1.54) is 4.68 Å². The van der Waals surface area contributed by atoms with E-state index in [4.69, 9.17) is 0 Å². The van der Waals surface area contributed by atoms with Crippen LogP contribution in [-0.4, -0.2) is 25.5 Å². The third-order valence-corrected chi connectivity index (χ3v) is 4.87. The lowest BCUT2D eigenvalue weighted by atomic mass is 10.1. The fourth-order valence-electron chi connectivity index (χ4n) is 3.70. The van der Waals surface area contributed by atoms with Gasteiger partial charge in [0.2, 0.25) is 5.91 Å². The lowest BCUT2D eigenvalue weighted by molar-refractivity contribution is -0.142. The standard InChI is InChI=1S/C18H24F3N5O/c1-5-13(17(27)22-15-9-11(4)25(23-15)10(2)3)26-14-8-6-7-12(14)16(24-26)18(19,20)21/h9-10,13H,5-8H2,1-4H3,(H,22,23,27)/t13-/m1/s1. The van der Waals surface area contributed by atoms with Gasteiger partial charge in [-0.15, -0.1) is 0 Å². The van der Waals surface area contributed by atoms with Crippen LogP contribution in [0.3, 0.4) is 0 Å². The van der Waals surface area contributed by atoms with E-state index < -0.39 is 23.8 Å². The lowest BCUT2D eigenvalue weighted by Crippen LogP contribution is -2.28. The molecule has 1 amide bonds. The number of anilines is 1. The summed E-state index contributed by atoms with van der Waals surface area (Å²) in [4.78, 5) is 12.8. The molecule has 0 saturated carbocycles. The summed E-state index contributed by atoms with van der Waals surface area (Å²) in [6.07, 6.45) is -2.68. The van der Waals surface area contributed by atoms with Gasteiger partial charge in [0, 0.05) is 29.1 Å². The minimum atomic E-state index is -4.51. The monoisotopic (exact) mass is 383 g/mol. The second-order valence-electron chi connectivity index (χ2n) is 7.19. The fourth-order valence-corrected chi connectivity index (χ4v) is 3.70. The largest absolute Gasteiger partial charge is 0.435 e. The van der Waals surface area contributed by atoms with Gasteiger partial charge in [-0.3, -0.25) is 14.2 Å². The van der Waals surface area contributed by atoms with E-state index in [2.05, 4.69) is 15.5 Å². The zero-order valence-corrected chi connectivity index (χ0v) is 15.9. The highest BCUT2D eigenvalue weighted by Crippen LogP contribution is 2.38. The Morgan fingerprint density at radius 2 is 1.96 bits per heavy atom. The molecule has 0 spiro atoms. The Balaban J connectivity index is 1.89. The molecule has 0 saturated heterocycles. The van der Waals surface area contributed by atoms with Crippen LogP contribution in [0.4, 0.5) is 19.0 Å². The second-order valence-corrected chi connectivity index (χ2v) is 7.19. The minimum Gasteiger partial charge on any atom is -0.307 e. The molecule has 1 atom stereocenters. The average Bonchev–Trinajstić information content (AvgIpc) is 3.23. The summed E-state index contributed by atoms with van der Waals surface area (Å²) in [5.41, 5.74) is 0.788. The first-order valence-electron chi connectivity index (χ1n) is 9.18. The smallest absolute Gasteiger partial charge is 0.307 e. The van der Waals surface area contributed by atoms with E-state index in [0.29, 0.717) is 37.2 Å². The van der Waals surface area contributed by atoms with Gasteiger partial charge in [-0.25, -0.2) is 0 Å². The van der Waals surface area contributed by atoms with Crippen molar-refractivity contribution in [2.75, 3.05) is 5.32 Å². The Morgan fingerprint density at radius 1 is 1.26 bits per heavy atom. The van der Waals surface area contributed by atoms with Crippen molar-refractivity contribution in [1.29, 1.82) is 0 Å². The van der Waals surface area contributed by atoms with E-state index in [1.54, 1.807) is 17.7 Å². The molecule has 2 aromatic rings. The maximum atomic E-state index is 13.3. The van der Waals surface area contributed by atoms with Crippen molar-refractivity contribution in [2.24, 2.45) is 0 Å². The minimum absolute atomic E-state index is 0.140. The molecular formula is C18H24F3N5O. The third kappa shape index (κ3) is 3.59. The lowest BCUT2D eigenvalue weighted by Gasteiger charge is -2.17. The summed E-state index contributed by atoms with van der Waals surface area (Å²) in [5, 5.41) is 10.9. The number of carbonyl (C=O) groups excluding carboxylic acids is 1. The second kappa shape index (κ2) is 7.01. The fraction of sp³-hybridized carbons (Fsp3) is 0.611. The summed E-state index contributed by atoms with van der Waals surface area (Å²) in [6, 6.07) is 1.08.